The molecule has 3 heterocycles. The van der Waals surface area contributed by atoms with Crippen LogP contribution in [0.25, 0.3) is 0 Å². The van der Waals surface area contributed by atoms with Gasteiger partial charge in [-0.3, -0.25) is 9.48 Å². The molecule has 2 aromatic rings. The zero-order valence-electron chi connectivity index (χ0n) is 16.3. The van der Waals surface area contributed by atoms with Gasteiger partial charge in [-0.25, -0.2) is 0 Å². The van der Waals surface area contributed by atoms with E-state index in [9.17, 15) is 4.79 Å². The number of ether oxygens (including phenoxy) is 2. The van der Waals surface area contributed by atoms with Gasteiger partial charge in [0, 0.05) is 25.8 Å². The van der Waals surface area contributed by atoms with Gasteiger partial charge in [0.1, 0.15) is 5.69 Å². The van der Waals surface area contributed by atoms with E-state index in [0.717, 1.165) is 43.7 Å². The molecular weight excluding hydrogens is 380 g/mol. The van der Waals surface area contributed by atoms with E-state index >= 15 is 0 Å². The maximum atomic E-state index is 13.0. The fourth-order valence-corrected chi connectivity index (χ4v) is 3.93. The number of nitrogens with one attached hydrogen (secondary N) is 1. The molecule has 1 unspecified atom stereocenters. The molecule has 1 aromatic carbocycles. The molecule has 1 N–H and O–H groups in total. The number of fused-ring (bicyclic) bond motifs is 1. The van der Waals surface area contributed by atoms with Crippen molar-refractivity contribution in [2.75, 3.05) is 33.9 Å². The number of carbonyl (C=O) groups is 1. The summed E-state index contributed by atoms with van der Waals surface area (Å²) in [6.07, 6.45) is 4.97. The summed E-state index contributed by atoms with van der Waals surface area (Å²) in [4.78, 5) is 14.8. The molecule has 0 radical (unpaired) electrons. The van der Waals surface area contributed by atoms with Gasteiger partial charge in [-0.15, -0.1) is 12.4 Å². The molecule has 1 saturated heterocycles. The maximum Gasteiger partial charge on any atom is 0.274 e. The van der Waals surface area contributed by atoms with Crippen molar-refractivity contribution in [3.05, 3.63) is 41.2 Å². The molecule has 28 heavy (non-hydrogen) atoms. The lowest BCUT2D eigenvalue weighted by atomic mass is 9.98. The molecule has 1 fully saturated rings. The second kappa shape index (κ2) is 8.84. The van der Waals surface area contributed by atoms with Crippen molar-refractivity contribution in [1.82, 2.24) is 20.0 Å². The number of hydrogen-bond donors (Lipinski definition) is 1. The predicted molar refractivity (Wildman–Crippen MR) is 109 cm³/mol. The number of rotatable bonds is 4. The topological polar surface area (TPSA) is 68.6 Å². The number of aromatic nitrogens is 2. The smallest absolute Gasteiger partial charge is 0.274 e. The van der Waals surface area contributed by atoms with Crippen molar-refractivity contribution in [2.24, 2.45) is 0 Å². The molecule has 152 valence electrons. The Bertz CT molecular complexity index is 833. The molecule has 4 rings (SSSR count). The zero-order valence-corrected chi connectivity index (χ0v) is 17.1. The number of piperidine rings is 1. The third kappa shape index (κ3) is 3.95. The molecule has 0 bridgehead atoms. The molecule has 7 nitrogen and oxygen atoms in total. The third-order valence-corrected chi connectivity index (χ3v) is 5.48. The number of halogens is 1. The highest BCUT2D eigenvalue weighted by atomic mass is 35.5. The van der Waals surface area contributed by atoms with Crippen LogP contribution in [0.15, 0.2) is 24.4 Å². The van der Waals surface area contributed by atoms with Gasteiger partial charge in [0.25, 0.3) is 5.91 Å². The van der Waals surface area contributed by atoms with Crippen LogP contribution in [0.5, 0.6) is 11.5 Å². The standard InChI is InChI=1S/C20H26N4O3.ClH/c1-26-18-10-14-5-8-23(13-15(14)11-19(18)27-2)20(25)17-6-9-24(22-17)16-4-3-7-21-12-16;/h6,9-11,16,21H,3-5,7-8,12-13H2,1-2H3;1H. The van der Waals surface area contributed by atoms with Gasteiger partial charge in [-0.05, 0) is 55.1 Å². The molecule has 2 aliphatic heterocycles. The van der Waals surface area contributed by atoms with Gasteiger partial charge in [-0.1, -0.05) is 0 Å². The molecule has 2 aliphatic rings. The molecule has 8 heteroatoms. The predicted octanol–water partition coefficient (Wildman–Crippen LogP) is 2.45. The Balaban J connectivity index is 0.00000225. The number of carbonyl (C=O) groups excluding carboxylic acids is 1. The van der Waals surface area contributed by atoms with E-state index in [0.29, 0.717) is 30.6 Å². The first-order valence-corrected chi connectivity index (χ1v) is 9.48. The van der Waals surface area contributed by atoms with E-state index in [1.807, 2.05) is 34.0 Å². The van der Waals surface area contributed by atoms with E-state index in [-0.39, 0.29) is 18.3 Å². The highest BCUT2D eigenvalue weighted by Gasteiger charge is 2.26. The Morgan fingerprint density at radius 3 is 2.64 bits per heavy atom. The van der Waals surface area contributed by atoms with Crippen LogP contribution in [0.1, 0.15) is 40.5 Å². The fraction of sp³-hybridized carbons (Fsp3) is 0.500. The van der Waals surface area contributed by atoms with Crippen LogP contribution in [0.2, 0.25) is 0 Å². The molecule has 1 amide bonds. The normalized spacial score (nSPS) is 18.8. The third-order valence-electron chi connectivity index (χ3n) is 5.48. The summed E-state index contributed by atoms with van der Waals surface area (Å²) in [5.74, 6) is 1.41. The van der Waals surface area contributed by atoms with E-state index in [1.165, 1.54) is 5.56 Å². The Morgan fingerprint density at radius 2 is 1.96 bits per heavy atom. The lowest BCUT2D eigenvalue weighted by Gasteiger charge is -2.29. The molecule has 0 spiro atoms. The first-order chi connectivity index (χ1) is 13.2. The van der Waals surface area contributed by atoms with Gasteiger partial charge in [0.15, 0.2) is 11.5 Å². The van der Waals surface area contributed by atoms with E-state index < -0.39 is 0 Å². The Hall–Kier alpha value is -2.25. The monoisotopic (exact) mass is 406 g/mol. The van der Waals surface area contributed by atoms with E-state index in [4.69, 9.17) is 9.47 Å². The quantitative estimate of drug-likeness (QED) is 0.844. The Morgan fingerprint density at radius 1 is 1.21 bits per heavy atom. The van der Waals surface area contributed by atoms with Crippen molar-refractivity contribution in [1.29, 1.82) is 0 Å². The lowest BCUT2D eigenvalue weighted by molar-refractivity contribution is 0.0727. The highest BCUT2D eigenvalue weighted by molar-refractivity contribution is 5.92. The Kier molecular flexibility index (Phi) is 6.46. The van der Waals surface area contributed by atoms with Crippen molar-refractivity contribution in [3.63, 3.8) is 0 Å². The summed E-state index contributed by atoms with van der Waals surface area (Å²) in [5.41, 5.74) is 2.82. The second-order valence-corrected chi connectivity index (χ2v) is 7.13. The van der Waals surface area contributed by atoms with Gasteiger partial charge < -0.3 is 19.7 Å². The van der Waals surface area contributed by atoms with Gasteiger partial charge in [0.2, 0.25) is 0 Å². The average molecular weight is 407 g/mol. The van der Waals surface area contributed by atoms with Crippen LogP contribution in [0.3, 0.4) is 0 Å². The minimum atomic E-state index is -0.0158. The number of amides is 1. The molecular formula is C20H27ClN4O3. The minimum absolute atomic E-state index is 0. The van der Waals surface area contributed by atoms with Crippen LogP contribution < -0.4 is 14.8 Å². The number of methoxy groups -OCH3 is 2. The summed E-state index contributed by atoms with van der Waals surface area (Å²) < 4.78 is 12.7. The summed E-state index contributed by atoms with van der Waals surface area (Å²) in [7, 11) is 3.27. The van der Waals surface area contributed by atoms with Crippen molar-refractivity contribution < 1.29 is 14.3 Å². The van der Waals surface area contributed by atoms with Crippen LogP contribution in [0.4, 0.5) is 0 Å². The molecule has 1 aromatic heterocycles. The second-order valence-electron chi connectivity index (χ2n) is 7.13. The summed E-state index contributed by atoms with van der Waals surface area (Å²) in [6.45, 7) is 3.21. The maximum absolute atomic E-state index is 13.0. The van der Waals surface area contributed by atoms with Crippen LogP contribution in [-0.2, 0) is 13.0 Å². The largest absolute Gasteiger partial charge is 0.493 e. The van der Waals surface area contributed by atoms with Gasteiger partial charge in [0.05, 0.1) is 20.3 Å². The zero-order chi connectivity index (χ0) is 18.8. The lowest BCUT2D eigenvalue weighted by Crippen LogP contribution is -2.36. The van der Waals surface area contributed by atoms with Gasteiger partial charge in [-0.2, -0.15) is 5.10 Å². The minimum Gasteiger partial charge on any atom is -0.493 e. The van der Waals surface area contributed by atoms with Crippen molar-refractivity contribution in [2.45, 2.75) is 31.8 Å². The van der Waals surface area contributed by atoms with E-state index in [2.05, 4.69) is 10.4 Å². The van der Waals surface area contributed by atoms with Gasteiger partial charge >= 0.3 is 0 Å². The van der Waals surface area contributed by atoms with Crippen LogP contribution in [0, 0.1) is 0 Å². The fourth-order valence-electron chi connectivity index (χ4n) is 3.93. The van der Waals surface area contributed by atoms with Crippen LogP contribution >= 0.6 is 12.4 Å². The number of hydrogen-bond acceptors (Lipinski definition) is 5. The number of nitrogens with zero attached hydrogens (tertiary/aromatic N) is 3. The molecule has 1 atom stereocenters. The van der Waals surface area contributed by atoms with Crippen LogP contribution in [-0.4, -0.2) is 54.4 Å². The molecule has 0 aliphatic carbocycles. The highest BCUT2D eigenvalue weighted by Crippen LogP contribution is 2.33. The first kappa shape index (κ1) is 20.5. The average Bonchev–Trinajstić information content (AvgIpc) is 3.22. The Labute approximate surface area is 171 Å². The van der Waals surface area contributed by atoms with Crippen molar-refractivity contribution >= 4 is 18.3 Å². The SMILES string of the molecule is COc1cc2c(cc1OC)CN(C(=O)c1ccn(C3CCCNC3)n1)CC2.Cl. The molecule has 0 saturated carbocycles. The summed E-state index contributed by atoms with van der Waals surface area (Å²) in [6, 6.07) is 6.15. The summed E-state index contributed by atoms with van der Waals surface area (Å²) in [5, 5.41) is 7.95. The first-order valence-electron chi connectivity index (χ1n) is 9.48. The number of benzene rings is 1. The van der Waals surface area contributed by atoms with Crippen molar-refractivity contribution in [3.8, 4) is 11.5 Å². The summed E-state index contributed by atoms with van der Waals surface area (Å²) >= 11 is 0. The van der Waals surface area contributed by atoms with E-state index in [1.54, 1.807) is 14.2 Å².